The van der Waals surface area contributed by atoms with Crippen LogP contribution in [0.2, 0.25) is 0 Å². The second-order valence-electron chi connectivity index (χ2n) is 3.90. The van der Waals surface area contributed by atoms with Crippen LogP contribution in [0.4, 0.5) is 0 Å². The van der Waals surface area contributed by atoms with Gasteiger partial charge in [0.1, 0.15) is 10.6 Å². The van der Waals surface area contributed by atoms with Crippen LogP contribution < -0.4 is 0 Å². The summed E-state index contributed by atoms with van der Waals surface area (Å²) in [5.74, 6) is 0.329. The normalized spacial score (nSPS) is 22.8. The summed E-state index contributed by atoms with van der Waals surface area (Å²) < 4.78 is 30.8. The molecule has 2 heterocycles. The standard InChI is InChI=1S/C9H13ClN2O3S/c1-6-9(7(2)15-11-6)16(13,14)12-4-3-8(10)5-12/h8H,3-5H2,1-2H3. The lowest BCUT2D eigenvalue weighted by Gasteiger charge is -2.14. The Bertz CT molecular complexity index is 477. The first-order valence-electron chi connectivity index (χ1n) is 5.00. The molecular weight excluding hydrogens is 252 g/mol. The molecule has 1 atom stereocenters. The number of sulfonamides is 1. The molecule has 7 heteroatoms. The van der Waals surface area contributed by atoms with Gasteiger partial charge in [0, 0.05) is 18.5 Å². The minimum absolute atomic E-state index is 0.102. The van der Waals surface area contributed by atoms with Gasteiger partial charge < -0.3 is 4.52 Å². The smallest absolute Gasteiger partial charge is 0.248 e. The van der Waals surface area contributed by atoms with Gasteiger partial charge in [-0.3, -0.25) is 0 Å². The molecule has 0 radical (unpaired) electrons. The molecule has 1 saturated heterocycles. The van der Waals surface area contributed by atoms with Crippen molar-refractivity contribution in [3.63, 3.8) is 0 Å². The summed E-state index contributed by atoms with van der Waals surface area (Å²) in [6.07, 6.45) is 0.685. The predicted molar refractivity (Wildman–Crippen MR) is 59.0 cm³/mol. The molecule has 0 N–H and O–H groups in total. The van der Waals surface area contributed by atoms with Crippen molar-refractivity contribution in [1.82, 2.24) is 9.46 Å². The van der Waals surface area contributed by atoms with Crippen LogP contribution in [0.25, 0.3) is 0 Å². The number of halogens is 1. The van der Waals surface area contributed by atoms with Gasteiger partial charge in [0.15, 0.2) is 5.76 Å². The van der Waals surface area contributed by atoms with Crippen LogP contribution in [0.1, 0.15) is 17.9 Å². The number of hydrogen-bond acceptors (Lipinski definition) is 4. The molecule has 1 unspecified atom stereocenters. The largest absolute Gasteiger partial charge is 0.360 e. The van der Waals surface area contributed by atoms with Gasteiger partial charge in [0.05, 0.1) is 0 Å². The van der Waals surface area contributed by atoms with E-state index >= 15 is 0 Å². The molecule has 1 aromatic heterocycles. The molecule has 0 amide bonds. The van der Waals surface area contributed by atoms with Crippen LogP contribution in [0.3, 0.4) is 0 Å². The van der Waals surface area contributed by atoms with Gasteiger partial charge in [-0.25, -0.2) is 8.42 Å². The summed E-state index contributed by atoms with van der Waals surface area (Å²) in [6, 6.07) is 0. The Balaban J connectivity index is 2.40. The van der Waals surface area contributed by atoms with E-state index in [1.54, 1.807) is 13.8 Å². The van der Waals surface area contributed by atoms with Crippen molar-refractivity contribution < 1.29 is 12.9 Å². The third-order valence-electron chi connectivity index (χ3n) is 2.66. The van der Waals surface area contributed by atoms with E-state index in [4.69, 9.17) is 16.1 Å². The summed E-state index contributed by atoms with van der Waals surface area (Å²) in [5.41, 5.74) is 0.399. The Kier molecular flexibility index (Phi) is 2.98. The van der Waals surface area contributed by atoms with Gasteiger partial charge in [-0.05, 0) is 20.3 Å². The maximum atomic E-state index is 12.3. The van der Waals surface area contributed by atoms with E-state index in [9.17, 15) is 8.42 Å². The second-order valence-corrected chi connectivity index (χ2v) is 6.39. The molecule has 5 nitrogen and oxygen atoms in total. The van der Waals surface area contributed by atoms with Crippen molar-refractivity contribution in [2.24, 2.45) is 0 Å². The molecule has 1 aliphatic heterocycles. The van der Waals surface area contributed by atoms with E-state index < -0.39 is 10.0 Å². The molecule has 0 bridgehead atoms. The van der Waals surface area contributed by atoms with Crippen molar-refractivity contribution in [2.75, 3.05) is 13.1 Å². The number of rotatable bonds is 2. The fourth-order valence-corrected chi connectivity index (χ4v) is 4.02. The zero-order chi connectivity index (χ0) is 11.9. The second kappa shape index (κ2) is 4.01. The monoisotopic (exact) mass is 264 g/mol. The van der Waals surface area contributed by atoms with Crippen molar-refractivity contribution >= 4 is 21.6 Å². The molecule has 90 valence electrons. The van der Waals surface area contributed by atoms with Crippen LogP contribution in [0.15, 0.2) is 9.42 Å². The zero-order valence-corrected chi connectivity index (χ0v) is 10.7. The van der Waals surface area contributed by atoms with Crippen LogP contribution in [-0.2, 0) is 10.0 Å². The summed E-state index contributed by atoms with van der Waals surface area (Å²) in [7, 11) is -3.50. The average Bonchev–Trinajstić information content (AvgIpc) is 2.74. The molecular formula is C9H13ClN2O3S. The van der Waals surface area contributed by atoms with Crippen LogP contribution in [-0.4, -0.2) is 36.3 Å². The highest BCUT2D eigenvalue weighted by molar-refractivity contribution is 7.89. The van der Waals surface area contributed by atoms with E-state index in [1.807, 2.05) is 0 Å². The average molecular weight is 265 g/mol. The molecule has 1 aliphatic rings. The van der Waals surface area contributed by atoms with Crippen LogP contribution >= 0.6 is 11.6 Å². The van der Waals surface area contributed by atoms with Gasteiger partial charge in [0.25, 0.3) is 0 Å². The van der Waals surface area contributed by atoms with Crippen molar-refractivity contribution in [3.8, 4) is 0 Å². The molecule has 1 aromatic rings. The van der Waals surface area contributed by atoms with Gasteiger partial charge in [-0.15, -0.1) is 11.6 Å². The first-order chi connectivity index (χ1) is 7.43. The van der Waals surface area contributed by atoms with Gasteiger partial charge >= 0.3 is 0 Å². The van der Waals surface area contributed by atoms with E-state index in [0.717, 1.165) is 0 Å². The number of alkyl halides is 1. The first-order valence-corrected chi connectivity index (χ1v) is 6.87. The Morgan fingerprint density at radius 1 is 1.50 bits per heavy atom. The lowest BCUT2D eigenvalue weighted by atomic mass is 10.4. The summed E-state index contributed by atoms with van der Waals surface area (Å²) >= 11 is 5.91. The first kappa shape index (κ1) is 11.9. The number of hydrogen-bond donors (Lipinski definition) is 0. The Hall–Kier alpha value is -0.590. The number of aryl methyl sites for hydroxylation is 2. The van der Waals surface area contributed by atoms with Crippen molar-refractivity contribution in [2.45, 2.75) is 30.5 Å². The Labute approximate surface area is 99.4 Å². The van der Waals surface area contributed by atoms with Crippen molar-refractivity contribution in [1.29, 1.82) is 0 Å². The fraction of sp³-hybridized carbons (Fsp3) is 0.667. The minimum atomic E-state index is -3.50. The topological polar surface area (TPSA) is 63.4 Å². The Morgan fingerprint density at radius 2 is 2.19 bits per heavy atom. The van der Waals surface area contributed by atoms with E-state index in [2.05, 4.69) is 5.16 Å². The summed E-state index contributed by atoms with van der Waals surface area (Å²) in [6.45, 7) is 4.03. The predicted octanol–water partition coefficient (Wildman–Crippen LogP) is 1.29. The van der Waals surface area contributed by atoms with E-state index in [0.29, 0.717) is 31.0 Å². The third kappa shape index (κ3) is 1.85. The maximum absolute atomic E-state index is 12.3. The lowest BCUT2D eigenvalue weighted by Crippen LogP contribution is -2.29. The number of aromatic nitrogens is 1. The maximum Gasteiger partial charge on any atom is 0.248 e. The molecule has 0 spiro atoms. The highest BCUT2D eigenvalue weighted by Gasteiger charge is 2.35. The minimum Gasteiger partial charge on any atom is -0.360 e. The van der Waals surface area contributed by atoms with Crippen LogP contribution in [0, 0.1) is 13.8 Å². The zero-order valence-electron chi connectivity index (χ0n) is 9.10. The van der Waals surface area contributed by atoms with Crippen molar-refractivity contribution in [3.05, 3.63) is 11.5 Å². The quantitative estimate of drug-likeness (QED) is 0.755. The molecule has 0 aliphatic carbocycles. The molecule has 2 rings (SSSR count). The fourth-order valence-electron chi connectivity index (χ4n) is 1.88. The van der Waals surface area contributed by atoms with E-state index in [1.165, 1.54) is 4.31 Å². The molecule has 0 aromatic carbocycles. The lowest BCUT2D eigenvalue weighted by molar-refractivity contribution is 0.390. The molecule has 16 heavy (non-hydrogen) atoms. The molecule has 0 saturated carbocycles. The number of nitrogens with zero attached hydrogens (tertiary/aromatic N) is 2. The van der Waals surface area contributed by atoms with Gasteiger partial charge in [0.2, 0.25) is 10.0 Å². The summed E-state index contributed by atoms with van der Waals surface area (Å²) in [5, 5.41) is 3.56. The van der Waals surface area contributed by atoms with Gasteiger partial charge in [-0.2, -0.15) is 4.31 Å². The Morgan fingerprint density at radius 3 is 2.62 bits per heavy atom. The highest BCUT2D eigenvalue weighted by Crippen LogP contribution is 2.27. The summed E-state index contributed by atoms with van der Waals surface area (Å²) in [4.78, 5) is 0.179. The highest BCUT2D eigenvalue weighted by atomic mass is 35.5. The third-order valence-corrected chi connectivity index (χ3v) is 5.13. The SMILES string of the molecule is Cc1noc(C)c1S(=O)(=O)N1CCC(Cl)C1. The van der Waals surface area contributed by atoms with Crippen LogP contribution in [0.5, 0.6) is 0 Å². The van der Waals surface area contributed by atoms with E-state index in [-0.39, 0.29) is 10.3 Å². The van der Waals surface area contributed by atoms with Gasteiger partial charge in [-0.1, -0.05) is 5.16 Å². The molecule has 1 fully saturated rings.